The van der Waals surface area contributed by atoms with E-state index in [2.05, 4.69) is 10.6 Å². The molecule has 0 aliphatic heterocycles. The highest BCUT2D eigenvalue weighted by Gasteiger charge is 2.17. The van der Waals surface area contributed by atoms with Gasteiger partial charge in [-0.2, -0.15) is 0 Å². The molecule has 5 heteroatoms. The fourth-order valence-corrected chi connectivity index (χ4v) is 3.15. The lowest BCUT2D eigenvalue weighted by Gasteiger charge is -2.23. The molecule has 5 nitrogen and oxygen atoms in total. The number of benzene rings is 1. The fourth-order valence-electron chi connectivity index (χ4n) is 3.15. The van der Waals surface area contributed by atoms with E-state index in [0.717, 1.165) is 24.1 Å². The SMILES string of the molecule is CCOCCCC(=O)Nc1ccc(C(=O)NC2CCCCC2)cc1C. The Kier molecular flexibility index (Phi) is 7.92. The molecule has 1 aliphatic rings. The van der Waals surface area contributed by atoms with Crippen LogP contribution in [0.5, 0.6) is 0 Å². The van der Waals surface area contributed by atoms with Gasteiger partial charge < -0.3 is 15.4 Å². The van der Waals surface area contributed by atoms with E-state index < -0.39 is 0 Å². The molecule has 0 spiro atoms. The average molecular weight is 346 g/mol. The Bertz CT molecular complexity index is 580. The molecule has 0 bridgehead atoms. The summed E-state index contributed by atoms with van der Waals surface area (Å²) in [5.74, 6) is -0.0493. The molecule has 1 saturated carbocycles. The van der Waals surface area contributed by atoms with E-state index in [1.165, 1.54) is 19.3 Å². The molecule has 0 radical (unpaired) electrons. The van der Waals surface area contributed by atoms with Gasteiger partial charge in [-0.05, 0) is 56.9 Å². The molecule has 0 saturated heterocycles. The van der Waals surface area contributed by atoms with Crippen molar-refractivity contribution in [2.24, 2.45) is 0 Å². The molecule has 1 aliphatic carbocycles. The van der Waals surface area contributed by atoms with Crippen LogP contribution in [0.3, 0.4) is 0 Å². The van der Waals surface area contributed by atoms with Crippen LogP contribution in [-0.2, 0) is 9.53 Å². The zero-order chi connectivity index (χ0) is 18.1. The van der Waals surface area contributed by atoms with Gasteiger partial charge in [-0.15, -0.1) is 0 Å². The molecular weight excluding hydrogens is 316 g/mol. The summed E-state index contributed by atoms with van der Waals surface area (Å²) in [4.78, 5) is 24.4. The number of hydrogen-bond acceptors (Lipinski definition) is 3. The maximum atomic E-state index is 12.4. The third-order valence-electron chi connectivity index (χ3n) is 4.60. The molecule has 0 unspecified atom stereocenters. The molecule has 1 aromatic rings. The van der Waals surface area contributed by atoms with Crippen LogP contribution in [0.25, 0.3) is 0 Å². The number of ether oxygens (including phenoxy) is 1. The minimum atomic E-state index is -0.0257. The van der Waals surface area contributed by atoms with Crippen LogP contribution in [-0.4, -0.2) is 31.1 Å². The van der Waals surface area contributed by atoms with E-state index in [4.69, 9.17) is 4.74 Å². The molecule has 2 amide bonds. The van der Waals surface area contributed by atoms with Crippen LogP contribution in [0.4, 0.5) is 5.69 Å². The predicted octanol–water partition coefficient (Wildman–Crippen LogP) is 3.81. The lowest BCUT2D eigenvalue weighted by molar-refractivity contribution is -0.116. The first kappa shape index (κ1) is 19.4. The zero-order valence-electron chi connectivity index (χ0n) is 15.4. The Morgan fingerprint density at radius 3 is 2.64 bits per heavy atom. The molecule has 138 valence electrons. The van der Waals surface area contributed by atoms with Crippen molar-refractivity contribution in [1.29, 1.82) is 0 Å². The van der Waals surface area contributed by atoms with Crippen LogP contribution >= 0.6 is 0 Å². The van der Waals surface area contributed by atoms with Crippen molar-refractivity contribution in [3.05, 3.63) is 29.3 Å². The summed E-state index contributed by atoms with van der Waals surface area (Å²) in [6.45, 7) is 5.12. The topological polar surface area (TPSA) is 67.4 Å². The summed E-state index contributed by atoms with van der Waals surface area (Å²) in [6, 6.07) is 5.73. The van der Waals surface area contributed by atoms with Crippen LogP contribution in [0.1, 0.15) is 67.8 Å². The number of carbonyl (C=O) groups is 2. The molecule has 1 aromatic carbocycles. The summed E-state index contributed by atoms with van der Waals surface area (Å²) in [5, 5.41) is 6.03. The fraction of sp³-hybridized carbons (Fsp3) is 0.600. The molecule has 2 rings (SSSR count). The standard InChI is InChI=1S/C20H30N2O3/c1-3-25-13-7-10-19(23)22-18-12-11-16(14-15(18)2)20(24)21-17-8-5-4-6-9-17/h11-12,14,17H,3-10,13H2,1-2H3,(H,21,24)(H,22,23). The van der Waals surface area contributed by atoms with Crippen molar-refractivity contribution in [2.75, 3.05) is 18.5 Å². The third-order valence-corrected chi connectivity index (χ3v) is 4.60. The van der Waals surface area contributed by atoms with Crippen molar-refractivity contribution in [3.63, 3.8) is 0 Å². The van der Waals surface area contributed by atoms with Crippen LogP contribution in [0.15, 0.2) is 18.2 Å². The minimum Gasteiger partial charge on any atom is -0.382 e. The highest BCUT2D eigenvalue weighted by Crippen LogP contribution is 2.20. The number of amides is 2. The summed E-state index contributed by atoms with van der Waals surface area (Å²) in [7, 11) is 0. The van der Waals surface area contributed by atoms with Gasteiger partial charge in [-0.1, -0.05) is 19.3 Å². The van der Waals surface area contributed by atoms with Crippen molar-refractivity contribution >= 4 is 17.5 Å². The Balaban J connectivity index is 1.86. The van der Waals surface area contributed by atoms with E-state index in [1.807, 2.05) is 26.0 Å². The molecule has 1 fully saturated rings. The van der Waals surface area contributed by atoms with Gasteiger partial charge in [0, 0.05) is 36.9 Å². The molecule has 25 heavy (non-hydrogen) atoms. The van der Waals surface area contributed by atoms with E-state index in [1.54, 1.807) is 6.07 Å². The Labute approximate surface area is 150 Å². The Morgan fingerprint density at radius 2 is 1.96 bits per heavy atom. The second kappa shape index (κ2) is 10.2. The van der Waals surface area contributed by atoms with Gasteiger partial charge >= 0.3 is 0 Å². The third kappa shape index (κ3) is 6.50. The molecule has 0 heterocycles. The van der Waals surface area contributed by atoms with Gasteiger partial charge in [-0.3, -0.25) is 9.59 Å². The molecule has 0 aromatic heterocycles. The molecular formula is C20H30N2O3. The summed E-state index contributed by atoms with van der Waals surface area (Å²) in [5.41, 5.74) is 2.31. The van der Waals surface area contributed by atoms with Crippen molar-refractivity contribution in [2.45, 2.75) is 64.8 Å². The van der Waals surface area contributed by atoms with Crippen molar-refractivity contribution in [3.8, 4) is 0 Å². The molecule has 0 atom stereocenters. The zero-order valence-corrected chi connectivity index (χ0v) is 15.4. The summed E-state index contributed by atoms with van der Waals surface area (Å²) in [6.07, 6.45) is 6.94. The first-order valence-corrected chi connectivity index (χ1v) is 9.39. The lowest BCUT2D eigenvalue weighted by Crippen LogP contribution is -2.36. The van der Waals surface area contributed by atoms with Crippen LogP contribution in [0, 0.1) is 6.92 Å². The van der Waals surface area contributed by atoms with Crippen LogP contribution < -0.4 is 10.6 Å². The summed E-state index contributed by atoms with van der Waals surface area (Å²) < 4.78 is 5.24. The van der Waals surface area contributed by atoms with Crippen LogP contribution in [0.2, 0.25) is 0 Å². The number of rotatable bonds is 8. The predicted molar refractivity (Wildman–Crippen MR) is 99.9 cm³/mol. The molecule has 2 N–H and O–H groups in total. The summed E-state index contributed by atoms with van der Waals surface area (Å²) >= 11 is 0. The monoisotopic (exact) mass is 346 g/mol. The number of hydrogen-bond donors (Lipinski definition) is 2. The maximum absolute atomic E-state index is 12.4. The van der Waals surface area contributed by atoms with Gasteiger partial charge in [0.15, 0.2) is 0 Å². The van der Waals surface area contributed by atoms with Gasteiger partial charge in [0.25, 0.3) is 5.91 Å². The lowest BCUT2D eigenvalue weighted by atomic mass is 9.95. The smallest absolute Gasteiger partial charge is 0.251 e. The van der Waals surface area contributed by atoms with Crippen molar-refractivity contribution < 1.29 is 14.3 Å². The quantitative estimate of drug-likeness (QED) is 0.703. The van der Waals surface area contributed by atoms with E-state index in [9.17, 15) is 9.59 Å². The number of aryl methyl sites for hydroxylation is 1. The second-order valence-electron chi connectivity index (χ2n) is 6.69. The first-order valence-electron chi connectivity index (χ1n) is 9.39. The van der Waals surface area contributed by atoms with Gasteiger partial charge in [0.2, 0.25) is 5.91 Å². The Hall–Kier alpha value is -1.88. The van der Waals surface area contributed by atoms with Crippen molar-refractivity contribution in [1.82, 2.24) is 5.32 Å². The highest BCUT2D eigenvalue weighted by atomic mass is 16.5. The van der Waals surface area contributed by atoms with E-state index >= 15 is 0 Å². The second-order valence-corrected chi connectivity index (χ2v) is 6.69. The maximum Gasteiger partial charge on any atom is 0.251 e. The minimum absolute atomic E-state index is 0.0235. The normalized spacial score (nSPS) is 15.0. The largest absolute Gasteiger partial charge is 0.382 e. The first-order chi connectivity index (χ1) is 12.1. The van der Waals surface area contributed by atoms with Gasteiger partial charge in [-0.25, -0.2) is 0 Å². The Morgan fingerprint density at radius 1 is 1.20 bits per heavy atom. The number of carbonyl (C=O) groups excluding carboxylic acids is 2. The highest BCUT2D eigenvalue weighted by molar-refractivity contribution is 5.96. The van der Waals surface area contributed by atoms with Gasteiger partial charge in [0.1, 0.15) is 0 Å². The van der Waals surface area contributed by atoms with E-state index in [-0.39, 0.29) is 11.8 Å². The average Bonchev–Trinajstić information content (AvgIpc) is 2.61. The number of anilines is 1. The van der Waals surface area contributed by atoms with E-state index in [0.29, 0.717) is 37.7 Å². The number of nitrogens with one attached hydrogen (secondary N) is 2. The van der Waals surface area contributed by atoms with Gasteiger partial charge in [0.05, 0.1) is 0 Å².